The lowest BCUT2D eigenvalue weighted by Crippen LogP contribution is -2.31. The van der Waals surface area contributed by atoms with Crippen molar-refractivity contribution in [1.82, 2.24) is 19.4 Å². The predicted molar refractivity (Wildman–Crippen MR) is 87.4 cm³/mol. The molecule has 0 aromatic carbocycles. The Morgan fingerprint density at radius 1 is 1.50 bits per heavy atom. The lowest BCUT2D eigenvalue weighted by Gasteiger charge is -2.13. The van der Waals surface area contributed by atoms with Crippen molar-refractivity contribution in [3.05, 3.63) is 44.6 Å². The highest BCUT2D eigenvalue weighted by Crippen LogP contribution is 2.22. The minimum Gasteiger partial charge on any atom is -0.347 e. The van der Waals surface area contributed by atoms with Gasteiger partial charge in [-0.05, 0) is 39.7 Å². The van der Waals surface area contributed by atoms with Crippen LogP contribution in [-0.4, -0.2) is 39.4 Å². The van der Waals surface area contributed by atoms with Crippen molar-refractivity contribution in [1.29, 1.82) is 0 Å². The third-order valence-corrected chi connectivity index (χ3v) is 3.55. The van der Waals surface area contributed by atoms with Gasteiger partial charge in [-0.2, -0.15) is 4.98 Å². The topological polar surface area (TPSA) is 80.1 Å². The van der Waals surface area contributed by atoms with E-state index in [4.69, 9.17) is 11.6 Å². The summed E-state index contributed by atoms with van der Waals surface area (Å²) < 4.78 is 1.89. The molecule has 0 aliphatic carbocycles. The molecular formula is C13H13BrClN5O2. The van der Waals surface area contributed by atoms with Crippen molar-refractivity contribution in [2.45, 2.75) is 6.54 Å². The molecule has 2 aromatic rings. The fraction of sp³-hybridized carbons (Fsp3) is 0.231. The fourth-order valence-corrected chi connectivity index (χ4v) is 2.03. The normalized spacial score (nSPS) is 10.4. The summed E-state index contributed by atoms with van der Waals surface area (Å²) in [5.74, 6) is 0.194. The molecule has 0 saturated heterocycles. The average molecular weight is 387 g/mol. The fourth-order valence-electron chi connectivity index (χ4n) is 1.60. The molecule has 22 heavy (non-hydrogen) atoms. The SMILES string of the molecule is CN(C)C(=O)Cn1cccc(Nc2nc(Cl)ncc2Br)c1=O. The summed E-state index contributed by atoms with van der Waals surface area (Å²) in [7, 11) is 3.27. The van der Waals surface area contributed by atoms with Crippen molar-refractivity contribution in [2.24, 2.45) is 0 Å². The number of hydrogen-bond donors (Lipinski definition) is 1. The van der Waals surface area contributed by atoms with Crippen LogP contribution < -0.4 is 10.9 Å². The van der Waals surface area contributed by atoms with Crippen LogP contribution in [0.1, 0.15) is 0 Å². The molecule has 1 N–H and O–H groups in total. The number of carbonyl (C=O) groups excluding carboxylic acids is 1. The van der Waals surface area contributed by atoms with Crippen LogP contribution in [0.25, 0.3) is 0 Å². The van der Waals surface area contributed by atoms with Crippen LogP contribution >= 0.6 is 27.5 Å². The highest BCUT2D eigenvalue weighted by molar-refractivity contribution is 9.10. The number of aromatic nitrogens is 3. The molecule has 0 radical (unpaired) electrons. The zero-order valence-corrected chi connectivity index (χ0v) is 14.2. The second kappa shape index (κ2) is 6.89. The van der Waals surface area contributed by atoms with Crippen LogP contribution in [0.5, 0.6) is 0 Å². The summed E-state index contributed by atoms with van der Waals surface area (Å²) in [4.78, 5) is 33.3. The number of carbonyl (C=O) groups is 1. The Kier molecular flexibility index (Phi) is 5.15. The number of hydrogen-bond acceptors (Lipinski definition) is 5. The van der Waals surface area contributed by atoms with Gasteiger partial charge >= 0.3 is 0 Å². The van der Waals surface area contributed by atoms with Crippen LogP contribution in [0.2, 0.25) is 5.28 Å². The molecule has 0 bridgehead atoms. The Hall–Kier alpha value is -1.93. The number of halogens is 2. The van der Waals surface area contributed by atoms with Gasteiger partial charge in [-0.25, -0.2) is 4.98 Å². The first-order valence-electron chi connectivity index (χ1n) is 6.23. The summed E-state index contributed by atoms with van der Waals surface area (Å²) in [5, 5.41) is 2.94. The lowest BCUT2D eigenvalue weighted by molar-refractivity contribution is -0.129. The van der Waals surface area contributed by atoms with Crippen LogP contribution in [-0.2, 0) is 11.3 Å². The van der Waals surface area contributed by atoms with Crippen molar-refractivity contribution in [2.75, 3.05) is 19.4 Å². The third-order valence-electron chi connectivity index (χ3n) is 2.79. The van der Waals surface area contributed by atoms with Crippen LogP contribution in [0.4, 0.5) is 11.5 Å². The smallest absolute Gasteiger partial charge is 0.274 e. The second-order valence-corrected chi connectivity index (χ2v) is 5.80. The van der Waals surface area contributed by atoms with Crippen molar-refractivity contribution < 1.29 is 4.79 Å². The highest BCUT2D eigenvalue weighted by atomic mass is 79.9. The Bertz CT molecular complexity index is 762. The molecule has 0 spiro atoms. The van der Waals surface area contributed by atoms with Crippen LogP contribution in [0.3, 0.4) is 0 Å². The Morgan fingerprint density at radius 3 is 2.91 bits per heavy atom. The first kappa shape index (κ1) is 16.4. The van der Waals surface area contributed by atoms with E-state index < -0.39 is 0 Å². The first-order valence-corrected chi connectivity index (χ1v) is 7.40. The molecule has 2 heterocycles. The number of likely N-dealkylation sites (N-methyl/N-ethyl adjacent to an activating group) is 1. The molecule has 0 atom stereocenters. The van der Waals surface area contributed by atoms with E-state index in [1.165, 1.54) is 15.7 Å². The maximum atomic E-state index is 12.4. The molecule has 2 rings (SSSR count). The van der Waals surface area contributed by atoms with Gasteiger partial charge in [0.25, 0.3) is 5.56 Å². The molecule has 0 aliphatic rings. The van der Waals surface area contributed by atoms with E-state index in [0.29, 0.717) is 10.3 Å². The summed E-state index contributed by atoms with van der Waals surface area (Å²) in [6.07, 6.45) is 3.03. The number of nitrogens with zero attached hydrogens (tertiary/aromatic N) is 4. The maximum Gasteiger partial charge on any atom is 0.274 e. The molecule has 116 valence electrons. The predicted octanol–water partition coefficient (Wildman–Crippen LogP) is 1.89. The van der Waals surface area contributed by atoms with Gasteiger partial charge in [0.15, 0.2) is 0 Å². The van der Waals surface area contributed by atoms with Crippen molar-refractivity contribution in [3.63, 3.8) is 0 Å². The Morgan fingerprint density at radius 2 is 2.23 bits per heavy atom. The molecule has 9 heteroatoms. The van der Waals surface area contributed by atoms with E-state index in [9.17, 15) is 9.59 Å². The number of rotatable bonds is 4. The van der Waals surface area contributed by atoms with E-state index in [0.717, 1.165) is 0 Å². The third kappa shape index (κ3) is 3.83. The van der Waals surface area contributed by atoms with Gasteiger partial charge in [0, 0.05) is 26.5 Å². The summed E-state index contributed by atoms with van der Waals surface area (Å²) in [5.41, 5.74) is -0.0520. The number of amides is 1. The monoisotopic (exact) mass is 385 g/mol. The minimum absolute atomic E-state index is 0.0347. The second-order valence-electron chi connectivity index (χ2n) is 4.60. The molecular weight excluding hydrogens is 374 g/mol. The number of nitrogens with one attached hydrogen (secondary N) is 1. The van der Waals surface area contributed by atoms with Gasteiger partial charge < -0.3 is 14.8 Å². The summed E-state index contributed by atoms with van der Waals surface area (Å²) >= 11 is 9.02. The van der Waals surface area contributed by atoms with E-state index in [-0.39, 0.29) is 29.0 Å². The lowest BCUT2D eigenvalue weighted by atomic mass is 10.3. The largest absolute Gasteiger partial charge is 0.347 e. The number of pyridine rings is 1. The summed E-state index contributed by atoms with van der Waals surface area (Å²) in [6, 6.07) is 3.27. The molecule has 2 aromatic heterocycles. The quantitative estimate of drug-likeness (QED) is 0.812. The zero-order valence-electron chi connectivity index (χ0n) is 11.9. The standard InChI is InChI=1S/C13H13BrClN5O2/c1-19(2)10(21)7-20-5-3-4-9(12(20)22)17-11-8(14)6-16-13(15)18-11/h3-6H,7H2,1-2H3,(H,16,17,18). The van der Waals surface area contributed by atoms with Gasteiger partial charge in [-0.15, -0.1) is 0 Å². The first-order chi connectivity index (χ1) is 10.4. The van der Waals surface area contributed by atoms with Crippen LogP contribution in [0, 0.1) is 0 Å². The van der Waals surface area contributed by atoms with Gasteiger partial charge in [0.05, 0.1) is 4.47 Å². The molecule has 0 unspecified atom stereocenters. The maximum absolute atomic E-state index is 12.4. The molecule has 1 amide bonds. The Labute approximate surface area is 140 Å². The van der Waals surface area contributed by atoms with Gasteiger partial charge in [0.2, 0.25) is 11.2 Å². The summed E-state index contributed by atoms with van der Waals surface area (Å²) in [6.45, 7) is -0.0347. The van der Waals surface area contributed by atoms with E-state index in [1.807, 2.05) is 0 Å². The van der Waals surface area contributed by atoms with Gasteiger partial charge in [-0.3, -0.25) is 9.59 Å². The molecule has 7 nitrogen and oxygen atoms in total. The van der Waals surface area contributed by atoms with Gasteiger partial charge in [0.1, 0.15) is 18.1 Å². The molecule has 0 aliphatic heterocycles. The molecule has 0 saturated carbocycles. The van der Waals surface area contributed by atoms with E-state index in [2.05, 4.69) is 31.2 Å². The van der Waals surface area contributed by atoms with E-state index >= 15 is 0 Å². The van der Waals surface area contributed by atoms with Crippen molar-refractivity contribution in [3.8, 4) is 0 Å². The highest BCUT2D eigenvalue weighted by Gasteiger charge is 2.11. The van der Waals surface area contributed by atoms with Crippen molar-refractivity contribution >= 4 is 44.9 Å². The minimum atomic E-state index is -0.334. The van der Waals surface area contributed by atoms with Gasteiger partial charge in [-0.1, -0.05) is 0 Å². The van der Waals surface area contributed by atoms with Crippen LogP contribution in [0.15, 0.2) is 33.8 Å². The zero-order chi connectivity index (χ0) is 16.3. The van der Waals surface area contributed by atoms with E-state index in [1.54, 1.807) is 32.4 Å². The Balaban J connectivity index is 2.31. The number of anilines is 2. The molecule has 0 fully saturated rings. The average Bonchev–Trinajstić information content (AvgIpc) is 2.46.